The van der Waals surface area contributed by atoms with Crippen molar-refractivity contribution in [2.45, 2.75) is 4.90 Å². The zero-order valence-electron chi connectivity index (χ0n) is 15.0. The van der Waals surface area contributed by atoms with Gasteiger partial charge in [0, 0.05) is 44.0 Å². The van der Waals surface area contributed by atoms with Crippen LogP contribution >= 0.6 is 0 Å². The van der Waals surface area contributed by atoms with E-state index in [1.165, 1.54) is 22.5 Å². The highest BCUT2D eigenvalue weighted by Crippen LogP contribution is 2.18. The summed E-state index contributed by atoms with van der Waals surface area (Å²) in [5.41, 5.74) is 0.421. The zero-order valence-corrected chi connectivity index (χ0v) is 15.8. The normalized spacial score (nSPS) is 15.2. The summed E-state index contributed by atoms with van der Waals surface area (Å²) < 4.78 is 26.6. The van der Waals surface area contributed by atoms with Crippen LogP contribution in [0, 0.1) is 10.1 Å². The number of non-ortho nitro benzene ring substituents is 1. The molecule has 0 unspecified atom stereocenters. The molecule has 1 fully saturated rings. The maximum Gasteiger partial charge on any atom is 0.271 e. The highest BCUT2D eigenvalue weighted by Gasteiger charge is 2.29. The topological polar surface area (TPSA) is 113 Å². The molecule has 0 bridgehead atoms. The maximum absolute atomic E-state index is 12.6. The van der Waals surface area contributed by atoms with Crippen LogP contribution in [0.1, 0.15) is 0 Å². The number of piperazine rings is 1. The third-order valence-corrected chi connectivity index (χ3v) is 6.39. The first-order valence-electron chi connectivity index (χ1n) is 8.69. The molecule has 0 aliphatic carbocycles. The van der Waals surface area contributed by atoms with Crippen LogP contribution < -0.4 is 5.32 Å². The Labute approximate surface area is 162 Å². The number of amides is 1. The second-order valence-corrected chi connectivity index (χ2v) is 8.20. The molecule has 1 heterocycles. The molecule has 28 heavy (non-hydrogen) atoms. The first-order valence-corrected chi connectivity index (χ1v) is 10.1. The fourth-order valence-corrected chi connectivity index (χ4v) is 4.38. The van der Waals surface area contributed by atoms with Gasteiger partial charge in [-0.15, -0.1) is 0 Å². The van der Waals surface area contributed by atoms with Crippen molar-refractivity contribution in [3.63, 3.8) is 0 Å². The highest BCUT2D eigenvalue weighted by atomic mass is 32.2. The molecule has 9 nitrogen and oxygen atoms in total. The Balaban J connectivity index is 1.54. The smallest absolute Gasteiger partial charge is 0.271 e. The van der Waals surface area contributed by atoms with Crippen LogP contribution in [-0.2, 0) is 14.8 Å². The summed E-state index contributed by atoms with van der Waals surface area (Å²) >= 11 is 0. The quantitative estimate of drug-likeness (QED) is 0.577. The van der Waals surface area contributed by atoms with E-state index < -0.39 is 14.9 Å². The lowest BCUT2D eigenvalue weighted by molar-refractivity contribution is -0.384. The monoisotopic (exact) mass is 404 g/mol. The molecular weight excluding hydrogens is 384 g/mol. The van der Waals surface area contributed by atoms with Crippen molar-refractivity contribution in [1.29, 1.82) is 0 Å². The van der Waals surface area contributed by atoms with Crippen molar-refractivity contribution in [3.05, 3.63) is 64.7 Å². The molecule has 0 saturated carbocycles. The highest BCUT2D eigenvalue weighted by molar-refractivity contribution is 7.89. The van der Waals surface area contributed by atoms with Crippen molar-refractivity contribution in [2.24, 2.45) is 0 Å². The van der Waals surface area contributed by atoms with Crippen LogP contribution in [0.3, 0.4) is 0 Å². The number of nitro benzene ring substituents is 1. The molecule has 1 amide bonds. The SMILES string of the molecule is O=C(CNc1cccc([N+](=O)[O-])c1)N1CCN(S(=O)(=O)c2ccccc2)CC1. The van der Waals surface area contributed by atoms with Gasteiger partial charge in [-0.25, -0.2) is 8.42 Å². The predicted molar refractivity (Wildman–Crippen MR) is 103 cm³/mol. The van der Waals surface area contributed by atoms with Crippen LogP contribution in [0.15, 0.2) is 59.5 Å². The van der Waals surface area contributed by atoms with Gasteiger partial charge in [-0.1, -0.05) is 24.3 Å². The first-order chi connectivity index (χ1) is 13.4. The zero-order chi connectivity index (χ0) is 20.1. The number of hydrogen-bond acceptors (Lipinski definition) is 6. The lowest BCUT2D eigenvalue weighted by atomic mass is 10.3. The van der Waals surface area contributed by atoms with Crippen LogP contribution in [0.2, 0.25) is 0 Å². The Kier molecular flexibility index (Phi) is 5.90. The van der Waals surface area contributed by atoms with Gasteiger partial charge in [-0.3, -0.25) is 14.9 Å². The lowest BCUT2D eigenvalue weighted by Crippen LogP contribution is -2.51. The standard InChI is InChI=1S/C18H20N4O5S/c23-18(14-19-15-5-4-6-16(13-15)22(24)25)20-9-11-21(12-10-20)28(26,27)17-7-2-1-3-8-17/h1-8,13,19H,9-12,14H2. The van der Waals surface area contributed by atoms with E-state index in [2.05, 4.69) is 5.32 Å². The maximum atomic E-state index is 12.6. The summed E-state index contributed by atoms with van der Waals surface area (Å²) in [6.45, 7) is 1.01. The molecule has 3 rings (SSSR count). The molecule has 0 radical (unpaired) electrons. The Morgan fingerprint density at radius 2 is 1.71 bits per heavy atom. The van der Waals surface area contributed by atoms with Crippen molar-refractivity contribution in [3.8, 4) is 0 Å². The summed E-state index contributed by atoms with van der Waals surface area (Å²) in [5, 5.41) is 13.7. The van der Waals surface area contributed by atoms with Gasteiger partial charge in [0.25, 0.3) is 5.69 Å². The predicted octanol–water partition coefficient (Wildman–Crippen LogP) is 1.54. The summed E-state index contributed by atoms with van der Waals surface area (Å²) in [6.07, 6.45) is 0. The lowest BCUT2D eigenvalue weighted by Gasteiger charge is -2.34. The number of carbonyl (C=O) groups excluding carboxylic acids is 1. The Hall–Kier alpha value is -2.98. The average molecular weight is 404 g/mol. The van der Waals surface area contributed by atoms with Crippen molar-refractivity contribution < 1.29 is 18.1 Å². The van der Waals surface area contributed by atoms with Crippen molar-refractivity contribution >= 4 is 27.3 Å². The molecule has 0 aromatic heterocycles. The van der Waals surface area contributed by atoms with Gasteiger partial charge < -0.3 is 10.2 Å². The minimum Gasteiger partial charge on any atom is -0.376 e. The van der Waals surface area contributed by atoms with Crippen LogP contribution in [0.4, 0.5) is 11.4 Å². The second-order valence-electron chi connectivity index (χ2n) is 6.26. The molecule has 1 aliphatic heterocycles. The van der Waals surface area contributed by atoms with Crippen LogP contribution in [0.5, 0.6) is 0 Å². The van der Waals surface area contributed by atoms with E-state index in [0.717, 1.165) is 0 Å². The van der Waals surface area contributed by atoms with E-state index in [1.807, 2.05) is 0 Å². The molecule has 1 N–H and O–H groups in total. The Morgan fingerprint density at radius 3 is 2.36 bits per heavy atom. The molecule has 2 aromatic carbocycles. The van der Waals surface area contributed by atoms with E-state index in [1.54, 1.807) is 41.3 Å². The molecule has 2 aromatic rings. The number of nitrogens with zero attached hydrogens (tertiary/aromatic N) is 3. The summed E-state index contributed by atoms with van der Waals surface area (Å²) in [7, 11) is -3.56. The van der Waals surface area contributed by atoms with Crippen molar-refractivity contribution in [2.75, 3.05) is 38.0 Å². The van der Waals surface area contributed by atoms with Gasteiger partial charge in [0.05, 0.1) is 16.4 Å². The largest absolute Gasteiger partial charge is 0.376 e. The summed E-state index contributed by atoms with van der Waals surface area (Å²) in [6, 6.07) is 14.1. The van der Waals surface area contributed by atoms with Gasteiger partial charge in [0.1, 0.15) is 0 Å². The number of benzene rings is 2. The Bertz CT molecular complexity index is 957. The third-order valence-electron chi connectivity index (χ3n) is 4.47. The fourth-order valence-electron chi connectivity index (χ4n) is 2.94. The summed E-state index contributed by atoms with van der Waals surface area (Å²) in [5.74, 6) is -0.191. The van der Waals surface area contributed by atoms with Gasteiger partial charge in [0.15, 0.2) is 0 Å². The van der Waals surface area contributed by atoms with Crippen LogP contribution in [0.25, 0.3) is 0 Å². The summed E-state index contributed by atoms with van der Waals surface area (Å²) in [4.78, 5) is 24.5. The van der Waals surface area contributed by atoms with E-state index in [4.69, 9.17) is 0 Å². The van der Waals surface area contributed by atoms with Gasteiger partial charge in [-0.2, -0.15) is 4.31 Å². The van der Waals surface area contributed by atoms with E-state index >= 15 is 0 Å². The molecule has 10 heteroatoms. The molecule has 0 spiro atoms. The third kappa shape index (κ3) is 4.46. The molecule has 1 aliphatic rings. The number of anilines is 1. The minimum atomic E-state index is -3.56. The van der Waals surface area contributed by atoms with E-state index in [0.29, 0.717) is 18.8 Å². The molecule has 0 atom stereocenters. The van der Waals surface area contributed by atoms with E-state index in [-0.39, 0.29) is 36.1 Å². The number of rotatable bonds is 6. The van der Waals surface area contributed by atoms with Crippen LogP contribution in [-0.4, -0.2) is 61.2 Å². The minimum absolute atomic E-state index is 0.0212. The average Bonchev–Trinajstić information content (AvgIpc) is 2.73. The molecule has 148 valence electrons. The second kappa shape index (κ2) is 8.36. The fraction of sp³-hybridized carbons (Fsp3) is 0.278. The van der Waals surface area contributed by atoms with Gasteiger partial charge in [0.2, 0.25) is 15.9 Å². The number of hydrogen-bond donors (Lipinski definition) is 1. The number of nitro groups is 1. The van der Waals surface area contributed by atoms with Crippen molar-refractivity contribution in [1.82, 2.24) is 9.21 Å². The number of nitrogens with one attached hydrogen (secondary N) is 1. The van der Waals surface area contributed by atoms with E-state index in [9.17, 15) is 23.3 Å². The molecular formula is C18H20N4O5S. The Morgan fingerprint density at radius 1 is 1.04 bits per heavy atom. The number of sulfonamides is 1. The van der Waals surface area contributed by atoms with Gasteiger partial charge in [-0.05, 0) is 18.2 Å². The first kappa shape index (κ1) is 19.8. The van der Waals surface area contributed by atoms with Gasteiger partial charge >= 0.3 is 0 Å². The molecule has 1 saturated heterocycles. The number of carbonyl (C=O) groups is 1.